The molecule has 1 saturated heterocycles. The molecule has 2 aromatic carbocycles. The first-order valence-electron chi connectivity index (χ1n) is 11.7. The number of nitrogens with zero attached hydrogens (tertiary/aromatic N) is 2. The second-order valence-electron chi connectivity index (χ2n) is 10.4. The zero-order chi connectivity index (χ0) is 27.0. The summed E-state index contributed by atoms with van der Waals surface area (Å²) in [7, 11) is 0. The van der Waals surface area contributed by atoms with Crippen molar-refractivity contribution in [1.29, 1.82) is 5.26 Å². The number of ether oxygens (including phenoxy) is 1. The smallest absolute Gasteiger partial charge is 0.324 e. The number of allylic oxidation sites excluding steroid dienone is 1. The van der Waals surface area contributed by atoms with Crippen LogP contribution in [0.25, 0.3) is 0 Å². The van der Waals surface area contributed by atoms with Gasteiger partial charge in [0.25, 0.3) is 0 Å². The lowest BCUT2D eigenvalue weighted by molar-refractivity contribution is -0.161. The molecular formula is C28H30Cl2F2N2O2. The quantitative estimate of drug-likeness (QED) is 0.300. The molecule has 1 fully saturated rings. The number of carbonyl (C=O) groups excluding carboxylic acids is 1. The van der Waals surface area contributed by atoms with Gasteiger partial charge in [0.15, 0.2) is 0 Å². The predicted molar refractivity (Wildman–Crippen MR) is 138 cm³/mol. The normalized spacial score (nSPS) is 24.3. The fraction of sp³-hybridized carbons (Fsp3) is 0.429. The molecule has 1 aliphatic rings. The Morgan fingerprint density at radius 3 is 2.44 bits per heavy atom. The first kappa shape index (κ1) is 28.1. The summed E-state index contributed by atoms with van der Waals surface area (Å²) >= 11 is 12.2. The molecule has 0 spiro atoms. The van der Waals surface area contributed by atoms with Gasteiger partial charge in [0.05, 0.1) is 11.1 Å². The van der Waals surface area contributed by atoms with Gasteiger partial charge in [-0.1, -0.05) is 53.1 Å². The van der Waals surface area contributed by atoms with Crippen molar-refractivity contribution in [3.8, 4) is 6.07 Å². The summed E-state index contributed by atoms with van der Waals surface area (Å²) in [5.74, 6) is -3.24. The fourth-order valence-corrected chi connectivity index (χ4v) is 5.35. The van der Waals surface area contributed by atoms with E-state index < -0.39 is 46.6 Å². The van der Waals surface area contributed by atoms with Crippen LogP contribution in [0.4, 0.5) is 8.78 Å². The molecule has 1 aliphatic heterocycles. The van der Waals surface area contributed by atoms with E-state index in [9.17, 15) is 10.1 Å². The largest absolute Gasteiger partial charge is 0.459 e. The lowest BCUT2D eigenvalue weighted by Crippen LogP contribution is -2.45. The number of rotatable bonds is 5. The number of halogens is 4. The standard InChI is InChI=1S/C28H30Cl2F2N2O2/c1-16(2)12-13-34-17(3)28(15-33,20-11-10-18(29)14-22(20)31)23(19-8-7-9-21(30)24(19)32)25(34)26(35)36-27(4,5)6/h7-12,14,17,23,25H,13H2,1-6H3. The zero-order valence-electron chi connectivity index (χ0n) is 21.2. The molecule has 0 aromatic heterocycles. The summed E-state index contributed by atoms with van der Waals surface area (Å²) < 4.78 is 36.9. The Morgan fingerprint density at radius 2 is 1.89 bits per heavy atom. The Kier molecular flexibility index (Phi) is 8.20. The summed E-state index contributed by atoms with van der Waals surface area (Å²) in [4.78, 5) is 15.5. The van der Waals surface area contributed by atoms with Gasteiger partial charge < -0.3 is 4.74 Å². The van der Waals surface area contributed by atoms with Crippen LogP contribution in [0, 0.1) is 23.0 Å². The molecule has 192 valence electrons. The first-order valence-corrected chi connectivity index (χ1v) is 12.4. The fourth-order valence-electron chi connectivity index (χ4n) is 5.01. The van der Waals surface area contributed by atoms with E-state index in [1.165, 1.54) is 24.3 Å². The lowest BCUT2D eigenvalue weighted by atomic mass is 9.65. The first-order chi connectivity index (χ1) is 16.7. The van der Waals surface area contributed by atoms with Crippen LogP contribution in [0.15, 0.2) is 48.0 Å². The third kappa shape index (κ3) is 5.16. The predicted octanol–water partition coefficient (Wildman–Crippen LogP) is 7.20. The molecule has 2 aromatic rings. The minimum Gasteiger partial charge on any atom is -0.459 e. The summed E-state index contributed by atoms with van der Waals surface area (Å²) in [6, 6.07) is 8.95. The highest BCUT2D eigenvalue weighted by Gasteiger charge is 2.63. The molecule has 4 unspecified atom stereocenters. The van der Waals surface area contributed by atoms with Gasteiger partial charge in [-0.3, -0.25) is 9.69 Å². The summed E-state index contributed by atoms with van der Waals surface area (Å²) in [6.45, 7) is 11.0. The molecule has 8 heteroatoms. The summed E-state index contributed by atoms with van der Waals surface area (Å²) in [5.41, 5.74) is -1.45. The SMILES string of the molecule is CC(C)=CCN1C(C(=O)OC(C)(C)C)C(c2cccc(Cl)c2F)C(C#N)(c2ccc(Cl)cc2F)C1C. The highest BCUT2D eigenvalue weighted by molar-refractivity contribution is 6.31. The molecule has 0 bridgehead atoms. The number of likely N-dealkylation sites (tertiary alicyclic amines) is 1. The van der Waals surface area contributed by atoms with Crippen molar-refractivity contribution in [2.24, 2.45) is 0 Å². The van der Waals surface area contributed by atoms with Gasteiger partial charge in [-0.05, 0) is 65.3 Å². The van der Waals surface area contributed by atoms with E-state index in [1.807, 2.05) is 19.9 Å². The van der Waals surface area contributed by atoms with Crippen LogP contribution in [0.3, 0.4) is 0 Å². The topological polar surface area (TPSA) is 53.3 Å². The maximum absolute atomic E-state index is 15.6. The number of benzene rings is 2. The van der Waals surface area contributed by atoms with E-state index in [4.69, 9.17) is 27.9 Å². The molecule has 4 nitrogen and oxygen atoms in total. The molecule has 0 saturated carbocycles. The van der Waals surface area contributed by atoms with E-state index in [0.29, 0.717) is 0 Å². The second-order valence-corrected chi connectivity index (χ2v) is 11.2. The highest BCUT2D eigenvalue weighted by Crippen LogP contribution is 2.54. The van der Waals surface area contributed by atoms with Gasteiger partial charge in [-0.15, -0.1) is 0 Å². The van der Waals surface area contributed by atoms with Gasteiger partial charge in [-0.2, -0.15) is 5.26 Å². The van der Waals surface area contributed by atoms with Crippen molar-refractivity contribution < 1.29 is 18.3 Å². The minimum atomic E-state index is -1.67. The van der Waals surface area contributed by atoms with Gasteiger partial charge in [0.2, 0.25) is 0 Å². The van der Waals surface area contributed by atoms with E-state index in [2.05, 4.69) is 6.07 Å². The molecule has 3 rings (SSSR count). The van der Waals surface area contributed by atoms with Crippen LogP contribution in [0.1, 0.15) is 58.6 Å². The second kappa shape index (κ2) is 10.5. The highest BCUT2D eigenvalue weighted by atomic mass is 35.5. The summed E-state index contributed by atoms with van der Waals surface area (Å²) in [6.07, 6.45) is 1.91. The minimum absolute atomic E-state index is 0.0273. The lowest BCUT2D eigenvalue weighted by Gasteiger charge is -2.34. The Labute approximate surface area is 221 Å². The Hall–Kier alpha value is -2.46. The van der Waals surface area contributed by atoms with E-state index in [1.54, 1.807) is 38.7 Å². The Morgan fingerprint density at radius 1 is 1.22 bits per heavy atom. The van der Waals surface area contributed by atoms with Gasteiger partial charge in [0.1, 0.15) is 28.7 Å². The third-order valence-electron chi connectivity index (χ3n) is 6.56. The monoisotopic (exact) mass is 534 g/mol. The average molecular weight is 535 g/mol. The van der Waals surface area contributed by atoms with Gasteiger partial charge >= 0.3 is 5.97 Å². The van der Waals surface area contributed by atoms with Crippen molar-refractivity contribution in [2.75, 3.05) is 6.54 Å². The van der Waals surface area contributed by atoms with Gasteiger partial charge in [0, 0.05) is 29.1 Å². The molecule has 0 amide bonds. The summed E-state index contributed by atoms with van der Waals surface area (Å²) in [5, 5.41) is 10.8. The van der Waals surface area contributed by atoms with Crippen LogP contribution in [-0.4, -0.2) is 35.1 Å². The van der Waals surface area contributed by atoms with Crippen molar-refractivity contribution in [1.82, 2.24) is 4.90 Å². The molecule has 0 aliphatic carbocycles. The number of nitriles is 1. The average Bonchev–Trinajstić information content (AvgIpc) is 3.01. The van der Waals surface area contributed by atoms with Crippen molar-refractivity contribution in [2.45, 2.75) is 70.6 Å². The number of esters is 1. The maximum Gasteiger partial charge on any atom is 0.324 e. The molecule has 0 N–H and O–H groups in total. The Bertz CT molecular complexity index is 1230. The maximum atomic E-state index is 15.6. The van der Waals surface area contributed by atoms with E-state index in [0.717, 1.165) is 11.6 Å². The van der Waals surface area contributed by atoms with Gasteiger partial charge in [-0.25, -0.2) is 8.78 Å². The van der Waals surface area contributed by atoms with Crippen LogP contribution in [0.2, 0.25) is 10.0 Å². The number of carbonyl (C=O) groups is 1. The molecule has 1 heterocycles. The van der Waals surface area contributed by atoms with Crippen molar-refractivity contribution >= 4 is 29.2 Å². The number of hydrogen-bond acceptors (Lipinski definition) is 4. The molecule has 4 atom stereocenters. The van der Waals surface area contributed by atoms with Crippen LogP contribution in [0.5, 0.6) is 0 Å². The van der Waals surface area contributed by atoms with Crippen molar-refractivity contribution in [3.63, 3.8) is 0 Å². The van der Waals surface area contributed by atoms with Crippen LogP contribution >= 0.6 is 23.2 Å². The molecule has 36 heavy (non-hydrogen) atoms. The number of hydrogen-bond donors (Lipinski definition) is 0. The molecule has 0 radical (unpaired) electrons. The molecular weight excluding hydrogens is 505 g/mol. The van der Waals surface area contributed by atoms with Crippen LogP contribution in [-0.2, 0) is 14.9 Å². The van der Waals surface area contributed by atoms with E-state index >= 15 is 8.78 Å². The zero-order valence-corrected chi connectivity index (χ0v) is 22.7. The van der Waals surface area contributed by atoms with E-state index in [-0.39, 0.29) is 27.7 Å². The van der Waals surface area contributed by atoms with Crippen molar-refractivity contribution in [3.05, 3.63) is 80.9 Å². The van der Waals surface area contributed by atoms with Crippen LogP contribution < -0.4 is 0 Å². The third-order valence-corrected chi connectivity index (χ3v) is 7.08. The Balaban J connectivity index is 2.41.